The molecule has 0 atom stereocenters. The van der Waals surface area contributed by atoms with Crippen molar-refractivity contribution in [1.82, 2.24) is 5.32 Å². The zero-order valence-corrected chi connectivity index (χ0v) is 13.3. The number of hydrogen-bond donors (Lipinski definition) is 1. The lowest BCUT2D eigenvalue weighted by Crippen LogP contribution is -2.22. The molecule has 0 bridgehead atoms. The number of rotatable bonds is 6. The Bertz CT molecular complexity index is 688. The van der Waals surface area contributed by atoms with Crippen LogP contribution in [-0.2, 0) is 11.3 Å². The highest BCUT2D eigenvalue weighted by atomic mass is 16.5. The summed E-state index contributed by atoms with van der Waals surface area (Å²) >= 11 is 0. The van der Waals surface area contributed by atoms with Gasteiger partial charge >= 0.3 is 5.97 Å². The van der Waals surface area contributed by atoms with Crippen molar-refractivity contribution in [2.45, 2.75) is 20.4 Å². The van der Waals surface area contributed by atoms with Crippen LogP contribution in [0, 0.1) is 6.92 Å². The minimum atomic E-state index is -0.463. The third-order valence-electron chi connectivity index (χ3n) is 3.22. The Hall–Kier alpha value is -2.76. The molecule has 1 aromatic carbocycles. The quantitative estimate of drug-likeness (QED) is 0.829. The molecule has 0 saturated heterocycles. The van der Waals surface area contributed by atoms with Crippen molar-refractivity contribution in [3.8, 4) is 5.75 Å². The molecule has 0 radical (unpaired) electrons. The Balaban J connectivity index is 1.97. The normalized spacial score (nSPS) is 10.2. The van der Waals surface area contributed by atoms with Gasteiger partial charge in [0.25, 0.3) is 5.91 Å². The maximum absolute atomic E-state index is 12.1. The van der Waals surface area contributed by atoms with Crippen LogP contribution in [0.15, 0.2) is 34.7 Å². The first-order chi connectivity index (χ1) is 11.0. The second kappa shape index (κ2) is 7.49. The molecular formula is C17H19NO5. The molecule has 1 N–H and O–H groups in total. The van der Waals surface area contributed by atoms with Crippen molar-refractivity contribution in [2.75, 3.05) is 13.7 Å². The Kier molecular flexibility index (Phi) is 5.41. The van der Waals surface area contributed by atoms with Gasteiger partial charge in [-0.05, 0) is 44.2 Å². The summed E-state index contributed by atoms with van der Waals surface area (Å²) in [5.74, 6) is 0.967. The van der Waals surface area contributed by atoms with Gasteiger partial charge in [-0.3, -0.25) is 4.79 Å². The number of benzene rings is 1. The second-order valence-electron chi connectivity index (χ2n) is 4.81. The van der Waals surface area contributed by atoms with Crippen molar-refractivity contribution in [2.24, 2.45) is 0 Å². The summed E-state index contributed by atoms with van der Waals surface area (Å²) in [6.07, 6.45) is 0. The van der Waals surface area contributed by atoms with E-state index in [9.17, 15) is 9.59 Å². The third-order valence-corrected chi connectivity index (χ3v) is 3.22. The van der Waals surface area contributed by atoms with Crippen molar-refractivity contribution in [1.29, 1.82) is 0 Å². The number of esters is 1. The van der Waals surface area contributed by atoms with Crippen molar-refractivity contribution in [3.63, 3.8) is 0 Å². The van der Waals surface area contributed by atoms with E-state index in [2.05, 4.69) is 10.1 Å². The van der Waals surface area contributed by atoms with E-state index in [-0.39, 0.29) is 12.5 Å². The molecule has 0 fully saturated rings. The van der Waals surface area contributed by atoms with Crippen LogP contribution in [0.3, 0.4) is 0 Å². The minimum absolute atomic E-state index is 0.184. The van der Waals surface area contributed by atoms with Gasteiger partial charge in [0.15, 0.2) is 0 Å². The molecular weight excluding hydrogens is 298 g/mol. The van der Waals surface area contributed by atoms with E-state index in [0.717, 1.165) is 0 Å². The van der Waals surface area contributed by atoms with Gasteiger partial charge in [-0.2, -0.15) is 0 Å². The molecule has 0 unspecified atom stereocenters. The summed E-state index contributed by atoms with van der Waals surface area (Å²) in [7, 11) is 1.31. The molecule has 23 heavy (non-hydrogen) atoms. The minimum Gasteiger partial charge on any atom is -0.494 e. The standard InChI is InChI=1S/C17H19NO5/c1-4-22-13-7-5-12(6-8-13)16(19)18-10-14-9-15(11(2)23-14)17(20)21-3/h5-9H,4,10H2,1-3H3,(H,18,19). The summed E-state index contributed by atoms with van der Waals surface area (Å²) in [6.45, 7) is 4.33. The number of nitrogens with one attached hydrogen (secondary N) is 1. The van der Waals surface area contributed by atoms with Gasteiger partial charge in [-0.25, -0.2) is 4.79 Å². The summed E-state index contributed by atoms with van der Waals surface area (Å²) in [6, 6.07) is 8.43. The Labute approximate surface area is 134 Å². The van der Waals surface area contributed by atoms with E-state index in [4.69, 9.17) is 9.15 Å². The molecule has 1 aromatic heterocycles. The molecule has 0 aliphatic carbocycles. The summed E-state index contributed by atoms with van der Waals surface area (Å²) in [5.41, 5.74) is 0.878. The molecule has 0 spiro atoms. The highest BCUT2D eigenvalue weighted by Crippen LogP contribution is 2.16. The van der Waals surface area contributed by atoms with Gasteiger partial charge in [0.2, 0.25) is 0 Å². The first-order valence-electron chi connectivity index (χ1n) is 7.23. The SMILES string of the molecule is CCOc1ccc(C(=O)NCc2cc(C(=O)OC)c(C)o2)cc1. The van der Waals surface area contributed by atoms with Crippen LogP contribution in [0.1, 0.15) is 39.2 Å². The molecule has 0 saturated carbocycles. The highest BCUT2D eigenvalue weighted by molar-refractivity contribution is 5.94. The van der Waals surface area contributed by atoms with Crippen LogP contribution < -0.4 is 10.1 Å². The fraction of sp³-hybridized carbons (Fsp3) is 0.294. The molecule has 6 nitrogen and oxygen atoms in total. The zero-order valence-electron chi connectivity index (χ0n) is 13.3. The van der Waals surface area contributed by atoms with Crippen molar-refractivity contribution >= 4 is 11.9 Å². The number of aryl methyl sites for hydroxylation is 1. The predicted molar refractivity (Wildman–Crippen MR) is 83.6 cm³/mol. The monoisotopic (exact) mass is 317 g/mol. The fourth-order valence-electron chi connectivity index (χ4n) is 2.08. The van der Waals surface area contributed by atoms with Crippen LogP contribution in [0.25, 0.3) is 0 Å². The average molecular weight is 317 g/mol. The van der Waals surface area contributed by atoms with E-state index in [1.54, 1.807) is 37.3 Å². The van der Waals surface area contributed by atoms with Crippen molar-refractivity contribution < 1.29 is 23.5 Å². The van der Waals surface area contributed by atoms with Crippen LogP contribution in [-0.4, -0.2) is 25.6 Å². The topological polar surface area (TPSA) is 77.8 Å². The Morgan fingerprint density at radius 1 is 1.22 bits per heavy atom. The number of methoxy groups -OCH3 is 1. The van der Waals surface area contributed by atoms with E-state index in [0.29, 0.717) is 35.0 Å². The molecule has 2 rings (SSSR count). The lowest BCUT2D eigenvalue weighted by atomic mass is 10.2. The molecule has 1 amide bonds. The van der Waals surface area contributed by atoms with Crippen LogP contribution in [0.2, 0.25) is 0 Å². The number of ether oxygens (including phenoxy) is 2. The number of furan rings is 1. The van der Waals surface area contributed by atoms with Gasteiger partial charge in [0.05, 0.1) is 20.3 Å². The van der Waals surface area contributed by atoms with Crippen LogP contribution >= 0.6 is 0 Å². The van der Waals surface area contributed by atoms with E-state index in [1.165, 1.54) is 7.11 Å². The second-order valence-corrected chi connectivity index (χ2v) is 4.81. The van der Waals surface area contributed by atoms with Gasteiger partial charge in [0.1, 0.15) is 22.8 Å². The highest BCUT2D eigenvalue weighted by Gasteiger charge is 2.16. The Morgan fingerprint density at radius 2 is 1.91 bits per heavy atom. The third kappa shape index (κ3) is 4.12. The summed E-state index contributed by atoms with van der Waals surface area (Å²) in [5, 5.41) is 2.74. The zero-order chi connectivity index (χ0) is 16.8. The van der Waals surface area contributed by atoms with Crippen molar-refractivity contribution in [3.05, 3.63) is 53.0 Å². The van der Waals surface area contributed by atoms with Gasteiger partial charge in [-0.15, -0.1) is 0 Å². The lowest BCUT2D eigenvalue weighted by Gasteiger charge is -2.05. The average Bonchev–Trinajstić information content (AvgIpc) is 2.94. The van der Waals surface area contributed by atoms with Gasteiger partial charge in [0, 0.05) is 5.56 Å². The summed E-state index contributed by atoms with van der Waals surface area (Å²) in [4.78, 5) is 23.6. The molecule has 2 aromatic rings. The maximum Gasteiger partial charge on any atom is 0.341 e. The largest absolute Gasteiger partial charge is 0.494 e. The van der Waals surface area contributed by atoms with E-state index < -0.39 is 5.97 Å². The molecule has 1 heterocycles. The Morgan fingerprint density at radius 3 is 2.52 bits per heavy atom. The fourth-order valence-corrected chi connectivity index (χ4v) is 2.08. The number of carbonyl (C=O) groups is 2. The van der Waals surface area contributed by atoms with E-state index >= 15 is 0 Å². The summed E-state index contributed by atoms with van der Waals surface area (Å²) < 4.78 is 15.4. The van der Waals surface area contributed by atoms with E-state index in [1.807, 2.05) is 6.92 Å². The van der Waals surface area contributed by atoms with Gasteiger partial charge < -0.3 is 19.2 Å². The van der Waals surface area contributed by atoms with Crippen LogP contribution in [0.5, 0.6) is 5.75 Å². The lowest BCUT2D eigenvalue weighted by molar-refractivity contribution is 0.0598. The molecule has 122 valence electrons. The number of carbonyl (C=O) groups excluding carboxylic acids is 2. The smallest absolute Gasteiger partial charge is 0.341 e. The number of hydrogen-bond acceptors (Lipinski definition) is 5. The first kappa shape index (κ1) is 16.6. The number of amides is 1. The van der Waals surface area contributed by atoms with Crippen LogP contribution in [0.4, 0.5) is 0 Å². The predicted octanol–water partition coefficient (Wildman–Crippen LogP) is 2.70. The first-order valence-corrected chi connectivity index (χ1v) is 7.23. The molecule has 6 heteroatoms. The molecule has 0 aliphatic rings. The molecule has 0 aliphatic heterocycles. The van der Waals surface area contributed by atoms with Gasteiger partial charge in [-0.1, -0.05) is 0 Å². The maximum atomic E-state index is 12.1.